The summed E-state index contributed by atoms with van der Waals surface area (Å²) in [6.45, 7) is -7.16. The van der Waals surface area contributed by atoms with Gasteiger partial charge in [0.25, 0.3) is 6.33 Å². The molecular formula is C65H64N4O. The molecule has 5 heteroatoms. The first-order valence-corrected chi connectivity index (χ1v) is 23.0. The standard InChI is InChI=1S/C65H64N4O/c1-42-30-33-66-60(34-42)69-56-23-13-12-20-52(56)53-28-27-49(40-59(53)69)70-48-19-16-18-47(39-48)67-41-68(58-25-15-14-24-57(58)67)61-50(43-26-29-54-55(37-43)65(10,11)32-31-64(54,8)9)21-17-22-51(61)44-35-45(62(2,3)4)38-46(36-44)63(5,6)7/h12-30,33-40H,31-32H2,1-11H3/i1D3,8D3,9D3,10D3,11D3,26D,29D,31D2,32D2,37D. The Morgan fingerprint density at radius 1 is 0.643 bits per heavy atom. The van der Waals surface area contributed by atoms with E-state index in [4.69, 9.17) is 25.3 Å². The fourth-order valence-electron chi connectivity index (χ4n) is 9.33. The lowest BCUT2D eigenvalue weighted by atomic mass is 9.63. The van der Waals surface area contributed by atoms with Crippen molar-refractivity contribution in [2.75, 3.05) is 0 Å². The number of nitrogens with zero attached hydrogens (tertiary/aromatic N) is 4. The maximum Gasteiger partial charge on any atom is 0.269 e. The Morgan fingerprint density at radius 2 is 1.31 bits per heavy atom. The van der Waals surface area contributed by atoms with Gasteiger partial charge in [0.05, 0.1) is 37.6 Å². The van der Waals surface area contributed by atoms with Crippen LogP contribution >= 0.6 is 0 Å². The van der Waals surface area contributed by atoms with E-state index in [0.29, 0.717) is 50.7 Å². The van der Waals surface area contributed by atoms with Crippen LogP contribution in [0.25, 0.3) is 72.3 Å². The van der Waals surface area contributed by atoms with Crippen LogP contribution < -0.4 is 9.30 Å². The van der Waals surface area contributed by atoms with E-state index in [9.17, 15) is 9.60 Å². The largest absolute Gasteiger partial charge is 0.458 e. The number of benzene rings is 7. The second kappa shape index (κ2) is 16.4. The molecule has 0 spiro atoms. The molecule has 0 saturated carbocycles. The Labute approximate surface area is 445 Å². The molecular weight excluding hydrogens is 853 g/mol. The fraction of sp³-hybridized carbons (Fsp3) is 0.262. The SMILES string of the molecule is [2H]c1c([2H])c2c(c([2H])c1-c1cccc(-c3cc(C(C)(C)C)cc(C(C)(C)C)c3)c1-[n+]1[c-]n(-c3cccc(Oc4ccc5c6ccccc6n(-c6cc(C([2H])([2H])[2H])ccn6)c5c4)c3)c3ccccc31)C(C([2H])([2H])[2H])(C([2H])([2H])[2H])C([2H])([2H])C([2H])([2H])C2(C([2H])([2H])[2H])C([2H])([2H])[2H]. The van der Waals surface area contributed by atoms with E-state index in [2.05, 4.69) is 17.4 Å². The Balaban J connectivity index is 1.20. The quantitative estimate of drug-likeness (QED) is 0.118. The summed E-state index contributed by atoms with van der Waals surface area (Å²) in [6.07, 6.45) is -4.09. The molecule has 7 aromatic carbocycles. The molecule has 0 saturated heterocycles. The van der Waals surface area contributed by atoms with E-state index in [0.717, 1.165) is 27.4 Å². The first kappa shape index (κ1) is 26.7. The number of ether oxygens (including phenoxy) is 1. The summed E-state index contributed by atoms with van der Waals surface area (Å²) in [6, 6.07) is 37.1. The second-order valence-corrected chi connectivity index (χ2v) is 20.0. The normalized spacial score (nSPS) is 21.6. The lowest BCUT2D eigenvalue weighted by Gasteiger charge is -2.42. The second-order valence-electron chi connectivity index (χ2n) is 20.0. The minimum Gasteiger partial charge on any atom is -0.458 e. The van der Waals surface area contributed by atoms with Crippen LogP contribution in [0.2, 0.25) is 0 Å². The van der Waals surface area contributed by atoms with Gasteiger partial charge in [-0.05, 0) is 140 Å². The molecule has 5 nitrogen and oxygen atoms in total. The molecule has 0 N–H and O–H groups in total. The molecule has 0 atom stereocenters. The van der Waals surface area contributed by atoms with Crippen LogP contribution in [-0.2, 0) is 21.7 Å². The molecule has 10 aromatic rings. The minimum atomic E-state index is -4.52. The molecule has 0 bridgehead atoms. The summed E-state index contributed by atoms with van der Waals surface area (Å²) in [4.78, 5) is 4.59. The van der Waals surface area contributed by atoms with Crippen molar-refractivity contribution in [3.05, 3.63) is 198 Å². The van der Waals surface area contributed by atoms with Gasteiger partial charge in [0.1, 0.15) is 17.3 Å². The molecule has 0 unspecified atom stereocenters. The van der Waals surface area contributed by atoms with Crippen LogP contribution in [0.15, 0.2) is 164 Å². The van der Waals surface area contributed by atoms with Crippen LogP contribution in [0.4, 0.5) is 0 Å². The van der Waals surface area contributed by atoms with Crippen molar-refractivity contribution in [1.82, 2.24) is 14.1 Å². The van der Waals surface area contributed by atoms with Gasteiger partial charge in [-0.25, -0.2) is 4.98 Å². The Kier molecular flexibility index (Phi) is 6.26. The minimum absolute atomic E-state index is 0.0881. The van der Waals surface area contributed by atoms with Crippen molar-refractivity contribution < 1.29 is 39.5 Å². The van der Waals surface area contributed by atoms with Gasteiger partial charge in [0.15, 0.2) is 0 Å². The fourth-order valence-corrected chi connectivity index (χ4v) is 9.33. The van der Waals surface area contributed by atoms with E-state index in [-0.39, 0.29) is 16.8 Å². The summed E-state index contributed by atoms with van der Waals surface area (Å²) >= 11 is 0. The molecule has 0 fully saturated rings. The predicted octanol–water partition coefficient (Wildman–Crippen LogP) is 16.6. The molecule has 0 amide bonds. The van der Waals surface area contributed by atoms with Gasteiger partial charge in [-0.2, -0.15) is 0 Å². The van der Waals surface area contributed by atoms with Crippen LogP contribution in [-0.4, -0.2) is 14.1 Å². The average molecular weight is 939 g/mol. The van der Waals surface area contributed by atoms with Crippen LogP contribution in [0.3, 0.4) is 0 Å². The first-order chi connectivity index (χ1) is 42.4. The van der Waals surface area contributed by atoms with Gasteiger partial charge >= 0.3 is 0 Å². The van der Waals surface area contributed by atoms with Gasteiger partial charge in [0, 0.05) is 49.1 Å². The lowest BCUT2D eigenvalue weighted by Crippen LogP contribution is -2.34. The Hall–Kier alpha value is -7.24. The van der Waals surface area contributed by atoms with Gasteiger partial charge in [-0.15, -0.1) is 0 Å². The Bertz CT molecular complexity index is 4570. The summed E-state index contributed by atoms with van der Waals surface area (Å²) < 4.78 is 212. The van der Waals surface area contributed by atoms with Crippen molar-refractivity contribution in [2.24, 2.45) is 0 Å². The maximum absolute atomic E-state index is 10.3. The topological polar surface area (TPSA) is 35.9 Å². The summed E-state index contributed by atoms with van der Waals surface area (Å²) in [5.41, 5.74) is -7.81. The number of aromatic nitrogens is 4. The third kappa shape index (κ3) is 7.90. The predicted molar refractivity (Wildman–Crippen MR) is 291 cm³/mol. The summed E-state index contributed by atoms with van der Waals surface area (Å²) in [7, 11) is 0. The van der Waals surface area contributed by atoms with Crippen molar-refractivity contribution in [3.63, 3.8) is 0 Å². The van der Waals surface area contributed by atoms with E-state index < -0.39 is 103 Å². The number of aryl methyl sites for hydroxylation is 1. The molecule has 70 heavy (non-hydrogen) atoms. The zero-order valence-corrected chi connectivity index (χ0v) is 39.6. The molecule has 350 valence electrons. The van der Waals surface area contributed by atoms with Gasteiger partial charge in [-0.3, -0.25) is 13.7 Å². The number of hydrogen-bond acceptors (Lipinski definition) is 2. The molecule has 0 radical (unpaired) electrons. The molecule has 11 rings (SSSR count). The number of para-hydroxylation sites is 4. The molecule has 3 heterocycles. The molecule has 1 aliphatic carbocycles. The third-order valence-electron chi connectivity index (χ3n) is 13.0. The molecule has 1 aliphatic rings. The van der Waals surface area contributed by atoms with Crippen molar-refractivity contribution in [3.8, 4) is 50.9 Å². The highest BCUT2D eigenvalue weighted by Gasteiger charge is 2.37. The number of pyridine rings is 1. The molecule has 3 aromatic heterocycles. The van der Waals surface area contributed by atoms with Crippen molar-refractivity contribution >= 4 is 32.8 Å². The third-order valence-corrected chi connectivity index (χ3v) is 13.0. The van der Waals surface area contributed by atoms with Gasteiger partial charge < -0.3 is 4.74 Å². The lowest BCUT2D eigenvalue weighted by molar-refractivity contribution is -0.571. The summed E-state index contributed by atoms with van der Waals surface area (Å²) in [5, 5.41) is 1.74. The highest BCUT2D eigenvalue weighted by molar-refractivity contribution is 6.09. The van der Waals surface area contributed by atoms with Crippen molar-refractivity contribution in [2.45, 2.75) is 110 Å². The number of fused-ring (bicyclic) bond motifs is 5. The maximum atomic E-state index is 10.3. The van der Waals surface area contributed by atoms with Gasteiger partial charge in [-0.1, -0.05) is 172 Å². The zero-order chi connectivity index (χ0) is 67.6. The van der Waals surface area contributed by atoms with E-state index in [1.165, 1.54) is 24.4 Å². The Morgan fingerprint density at radius 3 is 2.06 bits per heavy atom. The van der Waals surface area contributed by atoms with E-state index in [1.807, 2.05) is 101 Å². The average Bonchev–Trinajstić information content (AvgIpc) is 0.742. The van der Waals surface area contributed by atoms with E-state index in [1.54, 1.807) is 69.8 Å². The highest BCUT2D eigenvalue weighted by atomic mass is 16.5. The van der Waals surface area contributed by atoms with E-state index >= 15 is 0 Å². The van der Waals surface area contributed by atoms with Crippen LogP contribution in [0.1, 0.15) is 140 Å². The van der Waals surface area contributed by atoms with Crippen LogP contribution in [0.5, 0.6) is 11.5 Å². The first-order valence-electron chi connectivity index (χ1n) is 34.0. The zero-order valence-electron chi connectivity index (χ0n) is 61.6. The van der Waals surface area contributed by atoms with Crippen LogP contribution in [0, 0.1) is 13.2 Å². The van der Waals surface area contributed by atoms with Gasteiger partial charge in [0.2, 0.25) is 0 Å². The number of rotatable bonds is 7. The number of imidazole rings is 1. The summed E-state index contributed by atoms with van der Waals surface area (Å²) in [5.74, 6) is 1.15. The smallest absolute Gasteiger partial charge is 0.269 e. The van der Waals surface area contributed by atoms with Crippen molar-refractivity contribution in [1.29, 1.82) is 0 Å². The number of hydrogen-bond donors (Lipinski definition) is 0. The monoisotopic (exact) mass is 939 g/mol. The molecule has 0 aliphatic heterocycles. The highest BCUT2D eigenvalue weighted by Crippen LogP contribution is 2.48.